The lowest BCUT2D eigenvalue weighted by atomic mass is 10.3. The smallest absolute Gasteiger partial charge is 0.124 e. The highest BCUT2D eigenvalue weighted by molar-refractivity contribution is 7.72. The third-order valence-electron chi connectivity index (χ3n) is 2.34. The molecule has 0 unspecified atom stereocenters. The van der Waals surface area contributed by atoms with E-state index in [1.54, 1.807) is 0 Å². The average molecular weight is 193 g/mol. The fourth-order valence-corrected chi connectivity index (χ4v) is 4.04. The molecule has 0 radical (unpaired) electrons. The van der Waals surface area contributed by atoms with Crippen LogP contribution in [-0.4, -0.2) is 12.3 Å². The quantitative estimate of drug-likeness (QED) is 0.420. The maximum Gasteiger partial charge on any atom is 0.124 e. The van der Waals surface area contributed by atoms with E-state index in [9.17, 15) is 4.57 Å². The third-order valence-corrected chi connectivity index (χ3v) is 5.23. The molecule has 1 aliphatic rings. The van der Waals surface area contributed by atoms with Gasteiger partial charge in [0.2, 0.25) is 0 Å². The molecule has 0 aliphatic carbocycles. The number of para-hydroxylation sites is 1. The Balaban J connectivity index is 2.46. The summed E-state index contributed by atoms with van der Waals surface area (Å²) < 4.78 is 12.3. The molecule has 2 nitrogen and oxygen atoms in total. The maximum atomic E-state index is 12.3. The van der Waals surface area contributed by atoms with Crippen molar-refractivity contribution in [1.82, 2.24) is 0 Å². The van der Waals surface area contributed by atoms with E-state index >= 15 is 0 Å². The monoisotopic (exact) mass is 193 g/mol. The first-order chi connectivity index (χ1) is 6.22. The highest BCUT2D eigenvalue weighted by Gasteiger charge is 2.26. The molecule has 3 heteroatoms. The molecule has 0 amide bonds. The van der Waals surface area contributed by atoms with Crippen molar-refractivity contribution < 1.29 is 4.57 Å². The molecule has 0 saturated heterocycles. The van der Waals surface area contributed by atoms with Gasteiger partial charge in [0.05, 0.1) is 0 Å². The summed E-state index contributed by atoms with van der Waals surface area (Å²) in [6, 6.07) is 7.45. The van der Waals surface area contributed by atoms with Crippen molar-refractivity contribution in [2.45, 2.75) is 0 Å². The summed E-state index contributed by atoms with van der Waals surface area (Å²) in [5, 5.41) is 0.847. The van der Waals surface area contributed by atoms with Crippen LogP contribution in [0.4, 0.5) is 5.69 Å². The van der Waals surface area contributed by atoms with Crippen LogP contribution in [0, 0.1) is 0 Å². The molecule has 2 rings (SSSR count). The molecule has 1 aliphatic heterocycles. The molecule has 0 atom stereocenters. The highest BCUT2D eigenvalue weighted by Crippen LogP contribution is 2.48. The second kappa shape index (κ2) is 3.04. The lowest BCUT2D eigenvalue weighted by Crippen LogP contribution is -2.11. The molecule has 1 aromatic rings. The van der Waals surface area contributed by atoms with Crippen molar-refractivity contribution in [3.05, 3.63) is 36.4 Å². The van der Waals surface area contributed by atoms with E-state index in [2.05, 4.69) is 0 Å². The topological polar surface area (TPSA) is 43.1 Å². The van der Waals surface area contributed by atoms with Gasteiger partial charge in [-0.1, -0.05) is 24.3 Å². The van der Waals surface area contributed by atoms with Gasteiger partial charge in [-0.05, 0) is 12.1 Å². The first-order valence-electron chi connectivity index (χ1n) is 4.30. The summed E-state index contributed by atoms with van der Waals surface area (Å²) in [6.45, 7) is 0. The molecule has 0 saturated carbocycles. The minimum Gasteiger partial charge on any atom is -0.398 e. The predicted octanol–water partition coefficient (Wildman–Crippen LogP) is 1.83. The van der Waals surface area contributed by atoms with Gasteiger partial charge in [-0.2, -0.15) is 0 Å². The summed E-state index contributed by atoms with van der Waals surface area (Å²) in [4.78, 5) is 0. The predicted molar refractivity (Wildman–Crippen MR) is 57.0 cm³/mol. The standard InChI is InChI=1S/C10H12NOP/c11-9-5-1-2-6-10(9)13(12)7-3-4-8-13/h1-6H,7-8,11H2. The van der Waals surface area contributed by atoms with Gasteiger partial charge in [-0.3, -0.25) is 0 Å². The van der Waals surface area contributed by atoms with Gasteiger partial charge >= 0.3 is 0 Å². The Morgan fingerprint density at radius 3 is 2.38 bits per heavy atom. The minimum atomic E-state index is -2.20. The number of benzene rings is 1. The fraction of sp³-hybridized carbons (Fsp3) is 0.200. The largest absolute Gasteiger partial charge is 0.398 e. The van der Waals surface area contributed by atoms with Crippen LogP contribution in [0.5, 0.6) is 0 Å². The second-order valence-corrected chi connectivity index (χ2v) is 6.28. The molecule has 0 spiro atoms. The van der Waals surface area contributed by atoms with Crippen LogP contribution in [0.25, 0.3) is 0 Å². The lowest BCUT2D eigenvalue weighted by Gasteiger charge is -2.13. The summed E-state index contributed by atoms with van der Waals surface area (Å²) in [5.41, 5.74) is 6.45. The SMILES string of the molecule is Nc1ccccc1P1(=O)CC=CC1. The van der Waals surface area contributed by atoms with E-state index < -0.39 is 7.14 Å². The zero-order chi connectivity index (χ0) is 9.31. The van der Waals surface area contributed by atoms with Gasteiger partial charge in [0, 0.05) is 23.3 Å². The van der Waals surface area contributed by atoms with E-state index in [1.165, 1.54) is 0 Å². The third kappa shape index (κ3) is 1.42. The molecule has 1 heterocycles. The van der Waals surface area contributed by atoms with Gasteiger partial charge in [0.1, 0.15) is 7.14 Å². The van der Waals surface area contributed by atoms with E-state index in [-0.39, 0.29) is 0 Å². The van der Waals surface area contributed by atoms with Crippen molar-refractivity contribution in [2.24, 2.45) is 0 Å². The highest BCUT2D eigenvalue weighted by atomic mass is 31.2. The summed E-state index contributed by atoms with van der Waals surface area (Å²) >= 11 is 0. The summed E-state index contributed by atoms with van der Waals surface area (Å²) in [7, 11) is -2.20. The Labute approximate surface area is 77.8 Å². The van der Waals surface area contributed by atoms with Crippen molar-refractivity contribution in [3.8, 4) is 0 Å². The molecule has 13 heavy (non-hydrogen) atoms. The summed E-state index contributed by atoms with van der Waals surface area (Å²) in [6.07, 6.45) is 5.29. The van der Waals surface area contributed by atoms with Crippen molar-refractivity contribution >= 4 is 18.1 Å². The minimum absolute atomic E-state index is 0.662. The molecular formula is C10H12NOP. The van der Waals surface area contributed by atoms with Crippen molar-refractivity contribution in [3.63, 3.8) is 0 Å². The van der Waals surface area contributed by atoms with Crippen molar-refractivity contribution in [1.29, 1.82) is 0 Å². The van der Waals surface area contributed by atoms with Gasteiger partial charge in [-0.25, -0.2) is 0 Å². The van der Waals surface area contributed by atoms with E-state index in [1.807, 2.05) is 36.4 Å². The number of allylic oxidation sites excluding steroid dienone is 2. The Kier molecular flexibility index (Phi) is 2.01. The van der Waals surface area contributed by atoms with Crippen LogP contribution < -0.4 is 11.0 Å². The second-order valence-electron chi connectivity index (χ2n) is 3.28. The summed E-state index contributed by atoms with van der Waals surface area (Å²) in [5.74, 6) is 0. The van der Waals surface area contributed by atoms with Crippen LogP contribution in [0.2, 0.25) is 0 Å². The van der Waals surface area contributed by atoms with Crippen molar-refractivity contribution in [2.75, 3.05) is 18.1 Å². The normalized spacial score (nSPS) is 19.1. The fourth-order valence-electron chi connectivity index (χ4n) is 1.62. The Bertz CT molecular complexity index is 386. The van der Waals surface area contributed by atoms with E-state index in [0.29, 0.717) is 18.0 Å². The van der Waals surface area contributed by atoms with Crippen LogP contribution >= 0.6 is 7.14 Å². The van der Waals surface area contributed by atoms with Gasteiger partial charge in [0.25, 0.3) is 0 Å². The van der Waals surface area contributed by atoms with Gasteiger partial charge in [-0.15, -0.1) is 0 Å². The van der Waals surface area contributed by atoms with Gasteiger partial charge in [0.15, 0.2) is 0 Å². The van der Waals surface area contributed by atoms with Crippen LogP contribution in [0.3, 0.4) is 0 Å². The number of hydrogen-bond acceptors (Lipinski definition) is 2. The molecule has 1 aromatic carbocycles. The zero-order valence-electron chi connectivity index (χ0n) is 7.31. The molecule has 0 aromatic heterocycles. The average Bonchev–Trinajstić information content (AvgIpc) is 2.54. The van der Waals surface area contributed by atoms with E-state index in [0.717, 1.165) is 5.30 Å². The number of anilines is 1. The first-order valence-corrected chi connectivity index (χ1v) is 6.38. The zero-order valence-corrected chi connectivity index (χ0v) is 8.21. The molecule has 68 valence electrons. The molecule has 0 bridgehead atoms. The molecule has 0 fully saturated rings. The molecule has 2 N–H and O–H groups in total. The first kappa shape index (κ1) is 8.58. The lowest BCUT2D eigenvalue weighted by molar-refractivity contribution is 0.586. The Hall–Kier alpha value is -1.01. The van der Waals surface area contributed by atoms with Crippen LogP contribution in [0.1, 0.15) is 0 Å². The molecular weight excluding hydrogens is 181 g/mol. The van der Waals surface area contributed by atoms with Crippen LogP contribution in [0.15, 0.2) is 36.4 Å². The Morgan fingerprint density at radius 1 is 1.15 bits per heavy atom. The van der Waals surface area contributed by atoms with E-state index in [4.69, 9.17) is 5.73 Å². The maximum absolute atomic E-state index is 12.3. The number of hydrogen-bond donors (Lipinski definition) is 1. The van der Waals surface area contributed by atoms with Crippen LogP contribution in [-0.2, 0) is 4.57 Å². The number of nitrogen functional groups attached to an aromatic ring is 1. The van der Waals surface area contributed by atoms with Gasteiger partial charge < -0.3 is 10.3 Å². The number of nitrogens with two attached hydrogens (primary N) is 1. The Morgan fingerprint density at radius 2 is 1.77 bits per heavy atom. The number of rotatable bonds is 1.